The van der Waals surface area contributed by atoms with Gasteiger partial charge in [0, 0.05) is 12.5 Å². The van der Waals surface area contributed by atoms with Crippen LogP contribution in [0.15, 0.2) is 12.1 Å². The third-order valence-electron chi connectivity index (χ3n) is 2.86. The Hall–Kier alpha value is -1.55. The Morgan fingerprint density at radius 3 is 2.88 bits per heavy atom. The van der Waals surface area contributed by atoms with Crippen LogP contribution in [0.25, 0.3) is 0 Å². The lowest BCUT2D eigenvalue weighted by molar-refractivity contribution is -0.105. The minimum atomic E-state index is -0.246. The van der Waals surface area contributed by atoms with Crippen LogP contribution in [-0.4, -0.2) is 24.3 Å². The van der Waals surface area contributed by atoms with E-state index in [0.717, 1.165) is 19.3 Å². The molecule has 4 nitrogen and oxygen atoms in total. The summed E-state index contributed by atoms with van der Waals surface area (Å²) in [4.78, 5) is 10.7. The molecule has 17 heavy (non-hydrogen) atoms. The standard InChI is InChI=1S/C13H16O4/c1-9-6-10(7-12(15)11(9)8-14)17-13-4-2-3-5-16-13/h6-8,13,15H,2-5H2,1H3/t13-/m0/s1. The van der Waals surface area contributed by atoms with E-state index in [1.807, 2.05) is 0 Å². The van der Waals surface area contributed by atoms with Crippen LogP contribution in [0.3, 0.4) is 0 Å². The molecule has 1 N–H and O–H groups in total. The molecule has 1 atom stereocenters. The number of hydrogen-bond donors (Lipinski definition) is 1. The fraction of sp³-hybridized carbons (Fsp3) is 0.462. The minimum Gasteiger partial charge on any atom is -0.507 e. The van der Waals surface area contributed by atoms with E-state index in [1.165, 1.54) is 6.07 Å². The highest BCUT2D eigenvalue weighted by molar-refractivity contribution is 5.81. The SMILES string of the molecule is Cc1cc(O[C@H]2CCCCO2)cc(O)c1C=O. The van der Waals surface area contributed by atoms with Crippen LogP contribution in [0.4, 0.5) is 0 Å². The molecule has 92 valence electrons. The molecule has 1 aliphatic heterocycles. The quantitative estimate of drug-likeness (QED) is 0.819. The molecular weight excluding hydrogens is 220 g/mol. The first-order chi connectivity index (χ1) is 8.20. The van der Waals surface area contributed by atoms with E-state index in [9.17, 15) is 9.90 Å². The summed E-state index contributed by atoms with van der Waals surface area (Å²) < 4.78 is 11.1. The van der Waals surface area contributed by atoms with E-state index in [2.05, 4.69) is 0 Å². The molecule has 0 amide bonds. The zero-order valence-corrected chi connectivity index (χ0v) is 9.81. The number of carbonyl (C=O) groups is 1. The number of aromatic hydroxyl groups is 1. The van der Waals surface area contributed by atoms with Gasteiger partial charge in [-0.1, -0.05) is 0 Å². The van der Waals surface area contributed by atoms with E-state index < -0.39 is 0 Å². The van der Waals surface area contributed by atoms with Gasteiger partial charge in [0.2, 0.25) is 0 Å². The molecule has 1 aromatic carbocycles. The number of aldehydes is 1. The molecule has 0 aliphatic carbocycles. The number of rotatable bonds is 3. The van der Waals surface area contributed by atoms with Gasteiger partial charge in [-0.25, -0.2) is 0 Å². The largest absolute Gasteiger partial charge is 0.507 e. The van der Waals surface area contributed by atoms with Crippen molar-refractivity contribution in [3.63, 3.8) is 0 Å². The molecule has 1 heterocycles. The van der Waals surface area contributed by atoms with Gasteiger partial charge in [-0.05, 0) is 31.4 Å². The van der Waals surface area contributed by atoms with Crippen molar-refractivity contribution in [1.29, 1.82) is 0 Å². The van der Waals surface area contributed by atoms with E-state index in [1.54, 1.807) is 13.0 Å². The maximum absolute atomic E-state index is 10.7. The molecule has 0 aromatic heterocycles. The van der Waals surface area contributed by atoms with Gasteiger partial charge in [-0.3, -0.25) is 4.79 Å². The lowest BCUT2D eigenvalue weighted by atomic mass is 10.1. The molecule has 1 fully saturated rings. The molecule has 2 rings (SSSR count). The van der Waals surface area contributed by atoms with Crippen LogP contribution in [0.1, 0.15) is 35.2 Å². The number of carbonyl (C=O) groups excluding carboxylic acids is 1. The highest BCUT2D eigenvalue weighted by Crippen LogP contribution is 2.28. The monoisotopic (exact) mass is 236 g/mol. The second-order valence-corrected chi connectivity index (χ2v) is 4.20. The number of benzene rings is 1. The number of ether oxygens (including phenoxy) is 2. The fourth-order valence-electron chi connectivity index (χ4n) is 1.92. The maximum Gasteiger partial charge on any atom is 0.199 e. The van der Waals surface area contributed by atoms with Crippen LogP contribution in [0.2, 0.25) is 0 Å². The lowest BCUT2D eigenvalue weighted by Gasteiger charge is -2.23. The smallest absolute Gasteiger partial charge is 0.199 e. The third-order valence-corrected chi connectivity index (χ3v) is 2.86. The van der Waals surface area contributed by atoms with Gasteiger partial charge in [0.25, 0.3) is 0 Å². The molecule has 1 aliphatic rings. The first-order valence-corrected chi connectivity index (χ1v) is 5.78. The first-order valence-electron chi connectivity index (χ1n) is 5.78. The second-order valence-electron chi connectivity index (χ2n) is 4.20. The van der Waals surface area contributed by atoms with E-state index in [0.29, 0.717) is 29.8 Å². The third kappa shape index (κ3) is 2.77. The summed E-state index contributed by atoms with van der Waals surface area (Å²) in [6.45, 7) is 2.47. The van der Waals surface area contributed by atoms with Gasteiger partial charge in [-0.2, -0.15) is 0 Å². The van der Waals surface area contributed by atoms with E-state index in [-0.39, 0.29) is 12.0 Å². The van der Waals surface area contributed by atoms with Gasteiger partial charge in [0.05, 0.1) is 12.2 Å². The highest BCUT2D eigenvalue weighted by atomic mass is 16.7. The van der Waals surface area contributed by atoms with E-state index >= 15 is 0 Å². The molecule has 0 spiro atoms. The van der Waals surface area contributed by atoms with Gasteiger partial charge >= 0.3 is 0 Å². The van der Waals surface area contributed by atoms with Crippen molar-refractivity contribution in [3.8, 4) is 11.5 Å². The van der Waals surface area contributed by atoms with Gasteiger partial charge in [0.15, 0.2) is 12.6 Å². The van der Waals surface area contributed by atoms with E-state index in [4.69, 9.17) is 9.47 Å². The Kier molecular flexibility index (Phi) is 3.64. The van der Waals surface area contributed by atoms with Crippen molar-refractivity contribution in [2.45, 2.75) is 32.5 Å². The molecule has 0 radical (unpaired) electrons. The number of phenols is 1. The molecular formula is C13H16O4. The van der Waals surface area contributed by atoms with Gasteiger partial charge in [-0.15, -0.1) is 0 Å². The summed E-state index contributed by atoms with van der Waals surface area (Å²) in [5, 5.41) is 9.65. The number of hydrogen-bond acceptors (Lipinski definition) is 4. The Labute approximate surface area is 100 Å². The molecule has 0 unspecified atom stereocenters. The summed E-state index contributed by atoms with van der Waals surface area (Å²) >= 11 is 0. The zero-order chi connectivity index (χ0) is 12.3. The Bertz CT molecular complexity index is 385. The molecule has 1 aromatic rings. The summed E-state index contributed by atoms with van der Waals surface area (Å²) in [6.07, 6.45) is 3.40. The predicted molar refractivity (Wildman–Crippen MR) is 62.5 cm³/mol. The average Bonchev–Trinajstić information content (AvgIpc) is 2.30. The Morgan fingerprint density at radius 1 is 1.47 bits per heavy atom. The average molecular weight is 236 g/mol. The van der Waals surface area contributed by atoms with Crippen LogP contribution >= 0.6 is 0 Å². The minimum absolute atomic E-state index is 0.0502. The number of aryl methyl sites for hydroxylation is 1. The fourth-order valence-corrected chi connectivity index (χ4v) is 1.92. The van der Waals surface area contributed by atoms with Crippen LogP contribution in [0, 0.1) is 6.92 Å². The van der Waals surface area contributed by atoms with Crippen molar-refractivity contribution in [1.82, 2.24) is 0 Å². The van der Waals surface area contributed by atoms with Crippen molar-refractivity contribution in [3.05, 3.63) is 23.3 Å². The molecule has 0 saturated carbocycles. The summed E-state index contributed by atoms with van der Waals surface area (Å²) in [5.41, 5.74) is 1.01. The highest BCUT2D eigenvalue weighted by Gasteiger charge is 2.16. The van der Waals surface area contributed by atoms with Crippen molar-refractivity contribution in [2.24, 2.45) is 0 Å². The number of phenolic OH excluding ortho intramolecular Hbond substituents is 1. The van der Waals surface area contributed by atoms with Crippen molar-refractivity contribution in [2.75, 3.05) is 6.61 Å². The topological polar surface area (TPSA) is 55.8 Å². The lowest BCUT2D eigenvalue weighted by Crippen LogP contribution is -2.25. The van der Waals surface area contributed by atoms with Crippen LogP contribution in [0.5, 0.6) is 11.5 Å². The summed E-state index contributed by atoms with van der Waals surface area (Å²) in [5.74, 6) is 0.489. The Balaban J connectivity index is 2.13. The maximum atomic E-state index is 10.7. The van der Waals surface area contributed by atoms with Gasteiger partial charge in [0.1, 0.15) is 11.5 Å². The molecule has 1 saturated heterocycles. The first kappa shape index (κ1) is 11.9. The normalized spacial score (nSPS) is 19.9. The summed E-state index contributed by atoms with van der Waals surface area (Å²) in [7, 11) is 0. The van der Waals surface area contributed by atoms with Crippen LogP contribution < -0.4 is 4.74 Å². The predicted octanol–water partition coefficient (Wildman–Crippen LogP) is 2.42. The second kappa shape index (κ2) is 5.19. The zero-order valence-electron chi connectivity index (χ0n) is 9.81. The van der Waals surface area contributed by atoms with Crippen LogP contribution in [-0.2, 0) is 4.74 Å². The summed E-state index contributed by atoms with van der Waals surface area (Å²) in [6, 6.07) is 3.19. The van der Waals surface area contributed by atoms with Crippen molar-refractivity contribution >= 4 is 6.29 Å². The molecule has 0 bridgehead atoms. The van der Waals surface area contributed by atoms with Gasteiger partial charge < -0.3 is 14.6 Å². The van der Waals surface area contributed by atoms with Crippen molar-refractivity contribution < 1.29 is 19.4 Å². The Morgan fingerprint density at radius 2 is 2.29 bits per heavy atom. The molecule has 4 heteroatoms.